The molecule has 0 aliphatic carbocycles. The second kappa shape index (κ2) is 6.47. The van der Waals surface area contributed by atoms with Gasteiger partial charge in [-0.15, -0.1) is 0 Å². The summed E-state index contributed by atoms with van der Waals surface area (Å²) in [6.45, 7) is 5.75. The Morgan fingerprint density at radius 2 is 2.14 bits per heavy atom. The summed E-state index contributed by atoms with van der Waals surface area (Å²) in [5.41, 5.74) is 0.404. The number of benzene rings is 1. The Kier molecular flexibility index (Phi) is 4.88. The highest BCUT2D eigenvalue weighted by molar-refractivity contribution is 9.10. The molecule has 0 bridgehead atoms. The Balaban J connectivity index is 2.09. The molecular formula is C15H19BrN2O3. The molecule has 0 aromatic heterocycles. The summed E-state index contributed by atoms with van der Waals surface area (Å²) >= 11 is 3.23. The van der Waals surface area contributed by atoms with Crippen LogP contribution in [0.4, 0.5) is 10.5 Å². The van der Waals surface area contributed by atoms with Gasteiger partial charge in [-0.1, -0.05) is 29.8 Å². The minimum Gasteiger partial charge on any atom is -0.478 e. The van der Waals surface area contributed by atoms with Gasteiger partial charge in [0.1, 0.15) is 0 Å². The topological polar surface area (TPSA) is 69.6 Å². The lowest BCUT2D eigenvalue weighted by Gasteiger charge is -2.19. The standard InChI is InChI=1S/C15H19BrN2O3/c1-9(2)10-5-6-18(8-10)15(21)17-13-4-3-11(16)7-12(13)14(19)20/h3-4,7,9-10H,5-6,8H2,1-2H3,(H,17,21)(H,19,20). The largest absolute Gasteiger partial charge is 0.478 e. The molecule has 114 valence electrons. The number of carboxylic acids is 1. The number of urea groups is 1. The maximum Gasteiger partial charge on any atom is 0.337 e. The van der Waals surface area contributed by atoms with Crippen molar-refractivity contribution in [3.8, 4) is 0 Å². The van der Waals surface area contributed by atoms with E-state index in [1.807, 2.05) is 0 Å². The number of anilines is 1. The highest BCUT2D eigenvalue weighted by atomic mass is 79.9. The average molecular weight is 355 g/mol. The van der Waals surface area contributed by atoms with E-state index in [1.54, 1.807) is 17.0 Å². The van der Waals surface area contributed by atoms with Crippen LogP contribution in [-0.2, 0) is 0 Å². The Morgan fingerprint density at radius 3 is 2.71 bits per heavy atom. The summed E-state index contributed by atoms with van der Waals surface area (Å²) < 4.78 is 0.666. The Hall–Kier alpha value is -1.56. The molecule has 5 nitrogen and oxygen atoms in total. The summed E-state index contributed by atoms with van der Waals surface area (Å²) in [5.74, 6) is -0.00208. The van der Waals surface area contributed by atoms with E-state index in [1.165, 1.54) is 6.07 Å². The highest BCUT2D eigenvalue weighted by Crippen LogP contribution is 2.25. The SMILES string of the molecule is CC(C)C1CCN(C(=O)Nc2ccc(Br)cc2C(=O)O)C1. The molecule has 2 rings (SSSR count). The van der Waals surface area contributed by atoms with Crippen molar-refractivity contribution in [3.63, 3.8) is 0 Å². The minimum absolute atomic E-state index is 0.0809. The molecule has 1 aromatic carbocycles. The van der Waals surface area contributed by atoms with Gasteiger partial charge >= 0.3 is 12.0 Å². The van der Waals surface area contributed by atoms with Crippen LogP contribution in [0, 0.1) is 11.8 Å². The van der Waals surface area contributed by atoms with Gasteiger partial charge in [-0.25, -0.2) is 9.59 Å². The first-order chi connectivity index (χ1) is 9.88. The Morgan fingerprint density at radius 1 is 1.43 bits per heavy atom. The summed E-state index contributed by atoms with van der Waals surface area (Å²) in [6, 6.07) is 4.56. The number of nitrogens with one attached hydrogen (secondary N) is 1. The predicted molar refractivity (Wildman–Crippen MR) is 84.6 cm³/mol. The van der Waals surface area contributed by atoms with Crippen LogP contribution in [-0.4, -0.2) is 35.1 Å². The smallest absolute Gasteiger partial charge is 0.337 e. The maximum atomic E-state index is 12.3. The van der Waals surface area contributed by atoms with Gasteiger partial charge in [0.25, 0.3) is 0 Å². The maximum absolute atomic E-state index is 12.3. The molecular weight excluding hydrogens is 336 g/mol. The molecule has 1 fully saturated rings. The van der Waals surface area contributed by atoms with E-state index in [4.69, 9.17) is 0 Å². The fraction of sp³-hybridized carbons (Fsp3) is 0.467. The summed E-state index contributed by atoms with van der Waals surface area (Å²) in [7, 11) is 0. The molecule has 1 aliphatic heterocycles. The van der Waals surface area contributed by atoms with Crippen molar-refractivity contribution in [2.45, 2.75) is 20.3 Å². The third-order valence-corrected chi connectivity index (χ3v) is 4.40. The van der Waals surface area contributed by atoms with E-state index >= 15 is 0 Å². The third-order valence-electron chi connectivity index (χ3n) is 3.91. The zero-order valence-corrected chi connectivity index (χ0v) is 13.7. The van der Waals surface area contributed by atoms with Crippen LogP contribution in [0.1, 0.15) is 30.6 Å². The Bertz CT molecular complexity index is 560. The van der Waals surface area contributed by atoms with Crippen LogP contribution in [0.2, 0.25) is 0 Å². The molecule has 1 aromatic rings. The quantitative estimate of drug-likeness (QED) is 0.869. The first-order valence-electron chi connectivity index (χ1n) is 6.97. The van der Waals surface area contributed by atoms with Crippen molar-refractivity contribution in [3.05, 3.63) is 28.2 Å². The lowest BCUT2D eigenvalue weighted by Crippen LogP contribution is -2.33. The van der Waals surface area contributed by atoms with Gasteiger partial charge in [-0.05, 0) is 36.5 Å². The number of rotatable bonds is 3. The van der Waals surface area contributed by atoms with Crippen LogP contribution in [0.5, 0.6) is 0 Å². The van der Waals surface area contributed by atoms with E-state index in [-0.39, 0.29) is 11.6 Å². The molecule has 1 atom stereocenters. The summed E-state index contributed by atoms with van der Waals surface area (Å²) in [5, 5.41) is 11.9. The number of carboxylic acid groups (broad SMARTS) is 1. The van der Waals surface area contributed by atoms with E-state index in [0.717, 1.165) is 13.0 Å². The number of hydrogen-bond acceptors (Lipinski definition) is 2. The van der Waals surface area contributed by atoms with Gasteiger partial charge in [0, 0.05) is 17.6 Å². The average Bonchev–Trinajstić information content (AvgIpc) is 2.90. The first kappa shape index (κ1) is 15.8. The number of carbonyl (C=O) groups is 2. The van der Waals surface area contributed by atoms with Crippen LogP contribution < -0.4 is 5.32 Å². The zero-order chi connectivity index (χ0) is 15.6. The van der Waals surface area contributed by atoms with E-state index in [2.05, 4.69) is 35.1 Å². The second-order valence-electron chi connectivity index (χ2n) is 5.66. The predicted octanol–water partition coefficient (Wildman–Crippen LogP) is 3.66. The molecule has 1 heterocycles. The molecule has 2 amide bonds. The van der Waals surface area contributed by atoms with Crippen LogP contribution in [0.15, 0.2) is 22.7 Å². The molecule has 2 N–H and O–H groups in total. The lowest BCUT2D eigenvalue weighted by atomic mass is 9.95. The van der Waals surface area contributed by atoms with Crippen LogP contribution in [0.25, 0.3) is 0 Å². The van der Waals surface area contributed by atoms with Gasteiger partial charge in [-0.3, -0.25) is 0 Å². The number of halogens is 1. The molecule has 1 aliphatic rings. The monoisotopic (exact) mass is 354 g/mol. The number of amides is 2. The molecule has 6 heteroatoms. The molecule has 0 saturated carbocycles. The van der Waals surface area contributed by atoms with Crippen molar-refractivity contribution < 1.29 is 14.7 Å². The number of likely N-dealkylation sites (tertiary alicyclic amines) is 1. The van der Waals surface area contributed by atoms with Crippen molar-refractivity contribution in [1.29, 1.82) is 0 Å². The van der Waals surface area contributed by atoms with E-state index in [0.29, 0.717) is 28.5 Å². The molecule has 21 heavy (non-hydrogen) atoms. The van der Waals surface area contributed by atoms with E-state index < -0.39 is 5.97 Å². The van der Waals surface area contributed by atoms with Crippen LogP contribution >= 0.6 is 15.9 Å². The van der Waals surface area contributed by atoms with Gasteiger partial charge < -0.3 is 15.3 Å². The number of carbonyl (C=O) groups excluding carboxylic acids is 1. The zero-order valence-electron chi connectivity index (χ0n) is 12.1. The first-order valence-corrected chi connectivity index (χ1v) is 7.76. The summed E-state index contributed by atoms with van der Waals surface area (Å²) in [6.07, 6.45) is 0.997. The number of aromatic carboxylic acids is 1. The molecule has 0 spiro atoms. The molecule has 1 unspecified atom stereocenters. The molecule has 1 saturated heterocycles. The Labute approximate surface area is 132 Å². The number of nitrogens with zero attached hydrogens (tertiary/aromatic N) is 1. The molecule has 0 radical (unpaired) electrons. The number of hydrogen-bond donors (Lipinski definition) is 2. The van der Waals surface area contributed by atoms with Crippen molar-refractivity contribution in [2.24, 2.45) is 11.8 Å². The minimum atomic E-state index is -1.06. The fourth-order valence-electron chi connectivity index (χ4n) is 2.51. The van der Waals surface area contributed by atoms with Gasteiger partial charge in [0.15, 0.2) is 0 Å². The van der Waals surface area contributed by atoms with E-state index in [9.17, 15) is 14.7 Å². The van der Waals surface area contributed by atoms with Crippen molar-refractivity contribution >= 4 is 33.6 Å². The second-order valence-corrected chi connectivity index (χ2v) is 6.58. The van der Waals surface area contributed by atoms with Crippen LogP contribution in [0.3, 0.4) is 0 Å². The fourth-order valence-corrected chi connectivity index (χ4v) is 2.87. The normalized spacial score (nSPS) is 18.1. The third kappa shape index (κ3) is 3.75. The summed E-state index contributed by atoms with van der Waals surface area (Å²) in [4.78, 5) is 25.2. The van der Waals surface area contributed by atoms with Gasteiger partial charge in [0.05, 0.1) is 11.3 Å². The van der Waals surface area contributed by atoms with Crippen molar-refractivity contribution in [2.75, 3.05) is 18.4 Å². The van der Waals surface area contributed by atoms with Gasteiger partial charge in [0.2, 0.25) is 0 Å². The van der Waals surface area contributed by atoms with Crippen molar-refractivity contribution in [1.82, 2.24) is 4.90 Å². The van der Waals surface area contributed by atoms with Gasteiger partial charge in [-0.2, -0.15) is 0 Å². The lowest BCUT2D eigenvalue weighted by molar-refractivity contribution is 0.0698. The highest BCUT2D eigenvalue weighted by Gasteiger charge is 2.28.